The van der Waals surface area contributed by atoms with Crippen molar-refractivity contribution in [1.82, 2.24) is 4.31 Å². The van der Waals surface area contributed by atoms with E-state index in [1.807, 2.05) is 11.4 Å². The molecule has 2 saturated heterocycles. The first-order valence-corrected chi connectivity index (χ1v) is 10.1. The molecule has 22 heavy (non-hydrogen) atoms. The summed E-state index contributed by atoms with van der Waals surface area (Å²) in [6.45, 7) is 1.46. The average molecular weight is 343 g/mol. The summed E-state index contributed by atoms with van der Waals surface area (Å²) in [7, 11) is -3.37. The largest absolute Gasteiger partial charge is 0.380 e. The highest BCUT2D eigenvalue weighted by molar-refractivity contribution is 7.89. The number of Topliss-reactive ketones (excluding diaryl/α,β-unsaturated/α-hetero) is 1. The first-order chi connectivity index (χ1) is 10.6. The fourth-order valence-corrected chi connectivity index (χ4v) is 6.01. The Morgan fingerprint density at radius 3 is 2.91 bits per heavy atom. The predicted molar refractivity (Wildman–Crippen MR) is 85.8 cm³/mol. The lowest BCUT2D eigenvalue weighted by Gasteiger charge is -2.30. The maximum Gasteiger partial charge on any atom is 0.219 e. The Bertz CT molecular complexity index is 605. The Morgan fingerprint density at radius 2 is 2.23 bits per heavy atom. The number of thiophene rings is 1. The molecule has 2 atom stereocenters. The molecule has 2 unspecified atom stereocenters. The quantitative estimate of drug-likeness (QED) is 0.770. The Hall–Kier alpha value is -0.760. The van der Waals surface area contributed by atoms with Crippen molar-refractivity contribution in [2.75, 3.05) is 19.8 Å². The second-order valence-corrected chi connectivity index (χ2v) is 9.01. The van der Waals surface area contributed by atoms with E-state index in [0.717, 1.165) is 19.3 Å². The molecule has 2 aliphatic rings. The summed E-state index contributed by atoms with van der Waals surface area (Å²) in [5.41, 5.74) is 0. The number of carbonyl (C=O) groups excluding carboxylic acids is 1. The third-order valence-electron chi connectivity index (χ3n) is 4.41. The van der Waals surface area contributed by atoms with Gasteiger partial charge in [0.05, 0.1) is 16.7 Å². The minimum atomic E-state index is -3.37. The van der Waals surface area contributed by atoms with Crippen molar-refractivity contribution in [3.05, 3.63) is 22.4 Å². The fraction of sp³-hybridized carbons (Fsp3) is 0.667. The zero-order valence-electron chi connectivity index (χ0n) is 12.4. The number of rotatable bonds is 5. The van der Waals surface area contributed by atoms with Gasteiger partial charge in [-0.25, -0.2) is 8.42 Å². The molecule has 7 heteroatoms. The van der Waals surface area contributed by atoms with Gasteiger partial charge in [-0.05, 0) is 37.1 Å². The van der Waals surface area contributed by atoms with Gasteiger partial charge in [-0.1, -0.05) is 6.07 Å². The van der Waals surface area contributed by atoms with E-state index >= 15 is 0 Å². The molecule has 0 bridgehead atoms. The van der Waals surface area contributed by atoms with Crippen molar-refractivity contribution >= 4 is 27.1 Å². The molecule has 3 rings (SSSR count). The Morgan fingerprint density at radius 1 is 1.36 bits per heavy atom. The molecule has 5 nitrogen and oxygen atoms in total. The van der Waals surface area contributed by atoms with Crippen LogP contribution in [0, 0.1) is 0 Å². The van der Waals surface area contributed by atoms with Gasteiger partial charge in [0, 0.05) is 25.6 Å². The van der Waals surface area contributed by atoms with E-state index in [0.29, 0.717) is 24.4 Å². The normalized spacial score (nSPS) is 27.1. The molecule has 2 aliphatic heterocycles. The third-order valence-corrected chi connectivity index (χ3v) is 7.67. The smallest absolute Gasteiger partial charge is 0.219 e. The van der Waals surface area contributed by atoms with E-state index in [9.17, 15) is 13.2 Å². The van der Waals surface area contributed by atoms with Gasteiger partial charge in [0.25, 0.3) is 0 Å². The average Bonchev–Trinajstić information content (AvgIpc) is 3.19. The van der Waals surface area contributed by atoms with Gasteiger partial charge >= 0.3 is 0 Å². The summed E-state index contributed by atoms with van der Waals surface area (Å²) in [5.74, 6) is 0.0435. The first-order valence-electron chi connectivity index (χ1n) is 7.74. The number of hydrogen-bond donors (Lipinski definition) is 0. The minimum Gasteiger partial charge on any atom is -0.380 e. The minimum absolute atomic E-state index is 0.0435. The van der Waals surface area contributed by atoms with Crippen molar-refractivity contribution in [3.8, 4) is 0 Å². The van der Waals surface area contributed by atoms with E-state index in [1.165, 1.54) is 11.3 Å². The summed E-state index contributed by atoms with van der Waals surface area (Å²) in [6.07, 6.45) is 3.33. The highest BCUT2D eigenvalue weighted by Crippen LogP contribution is 2.29. The first kappa shape index (κ1) is 16.1. The number of nitrogens with zero attached hydrogens (tertiary/aromatic N) is 1. The molecule has 0 N–H and O–H groups in total. The molecular formula is C15H21NO4S2. The van der Waals surface area contributed by atoms with E-state index < -0.39 is 15.3 Å². The molecule has 122 valence electrons. The van der Waals surface area contributed by atoms with Crippen molar-refractivity contribution in [2.24, 2.45) is 0 Å². The predicted octanol–water partition coefficient (Wildman–Crippen LogP) is 2.29. The maximum absolute atomic E-state index is 12.8. The molecule has 0 aromatic carbocycles. The number of ether oxygens (including phenoxy) is 1. The molecule has 0 saturated carbocycles. The topological polar surface area (TPSA) is 63.7 Å². The number of carbonyl (C=O) groups is 1. The number of ketones is 1. The summed E-state index contributed by atoms with van der Waals surface area (Å²) in [5, 5.41) is 1.43. The molecule has 0 amide bonds. The zero-order valence-corrected chi connectivity index (χ0v) is 14.1. The lowest BCUT2D eigenvalue weighted by Crippen LogP contribution is -2.45. The van der Waals surface area contributed by atoms with E-state index in [4.69, 9.17) is 4.74 Å². The number of hydrogen-bond acceptors (Lipinski definition) is 5. The van der Waals surface area contributed by atoms with Gasteiger partial charge < -0.3 is 4.74 Å². The van der Waals surface area contributed by atoms with Crippen LogP contribution in [-0.2, 0) is 14.8 Å². The van der Waals surface area contributed by atoms with E-state index in [2.05, 4.69) is 0 Å². The lowest BCUT2D eigenvalue weighted by molar-refractivity contribution is 0.0948. The summed E-state index contributed by atoms with van der Waals surface area (Å²) >= 11 is 1.41. The van der Waals surface area contributed by atoms with Gasteiger partial charge in [0.2, 0.25) is 10.0 Å². The molecule has 1 aromatic rings. The summed E-state index contributed by atoms with van der Waals surface area (Å²) < 4.78 is 32.5. The van der Waals surface area contributed by atoms with Gasteiger partial charge in [-0.15, -0.1) is 11.3 Å². The molecule has 2 fully saturated rings. The summed E-state index contributed by atoms with van der Waals surface area (Å²) in [4.78, 5) is 13.0. The second kappa shape index (κ2) is 6.78. The van der Waals surface area contributed by atoms with Gasteiger partial charge in [-0.3, -0.25) is 4.79 Å². The molecule has 0 radical (unpaired) electrons. The second-order valence-electron chi connectivity index (χ2n) is 5.90. The highest BCUT2D eigenvalue weighted by Gasteiger charge is 2.40. The Labute approximate surface area is 135 Å². The van der Waals surface area contributed by atoms with Crippen LogP contribution in [0.3, 0.4) is 0 Å². The van der Waals surface area contributed by atoms with Crippen LogP contribution in [-0.4, -0.2) is 49.6 Å². The van der Waals surface area contributed by atoms with Crippen molar-refractivity contribution in [2.45, 2.75) is 43.4 Å². The summed E-state index contributed by atoms with van der Waals surface area (Å²) in [6, 6.07) is 3.46. The zero-order chi connectivity index (χ0) is 15.6. The van der Waals surface area contributed by atoms with Crippen LogP contribution in [0.4, 0.5) is 0 Å². The Balaban J connectivity index is 1.71. The number of sulfonamides is 1. The van der Waals surface area contributed by atoms with Gasteiger partial charge in [-0.2, -0.15) is 4.31 Å². The van der Waals surface area contributed by atoms with Crippen LogP contribution in [0.2, 0.25) is 0 Å². The van der Waals surface area contributed by atoms with Crippen LogP contribution in [0.25, 0.3) is 0 Å². The van der Waals surface area contributed by atoms with Crippen LogP contribution in [0.1, 0.15) is 41.8 Å². The van der Waals surface area contributed by atoms with Crippen LogP contribution in [0.15, 0.2) is 17.5 Å². The standard InChI is InChI=1S/C15H21NO4S2/c17-14(15-6-3-9-21-15)10-12-4-1-7-16(12)22(18,19)13-5-2-8-20-11-13/h3,6,9,12-13H,1-2,4-5,7-8,10-11H2. The van der Waals surface area contributed by atoms with E-state index in [1.54, 1.807) is 10.4 Å². The monoisotopic (exact) mass is 343 g/mol. The van der Waals surface area contributed by atoms with Crippen LogP contribution < -0.4 is 0 Å². The fourth-order valence-electron chi connectivity index (χ4n) is 3.24. The van der Waals surface area contributed by atoms with Crippen molar-refractivity contribution in [3.63, 3.8) is 0 Å². The maximum atomic E-state index is 12.8. The van der Waals surface area contributed by atoms with Gasteiger partial charge in [0.1, 0.15) is 0 Å². The SMILES string of the molecule is O=C(CC1CCCN1S(=O)(=O)C1CCCOC1)c1cccs1. The third kappa shape index (κ3) is 3.27. The highest BCUT2D eigenvalue weighted by atomic mass is 32.2. The lowest BCUT2D eigenvalue weighted by atomic mass is 10.1. The Kier molecular flexibility index (Phi) is 4.97. The van der Waals surface area contributed by atoms with Crippen molar-refractivity contribution < 1.29 is 17.9 Å². The van der Waals surface area contributed by atoms with Gasteiger partial charge in [0.15, 0.2) is 5.78 Å². The molecule has 0 aliphatic carbocycles. The van der Waals surface area contributed by atoms with E-state index in [-0.39, 0.29) is 24.9 Å². The van der Waals surface area contributed by atoms with Crippen LogP contribution >= 0.6 is 11.3 Å². The molecule has 1 aromatic heterocycles. The van der Waals surface area contributed by atoms with Crippen molar-refractivity contribution in [1.29, 1.82) is 0 Å². The van der Waals surface area contributed by atoms with Crippen LogP contribution in [0.5, 0.6) is 0 Å². The molecular weight excluding hydrogens is 322 g/mol. The molecule has 3 heterocycles. The molecule has 0 spiro atoms.